The molecule has 4 heterocycles. The predicted octanol–water partition coefficient (Wildman–Crippen LogP) is 4.92. The smallest absolute Gasteiger partial charge is 0.260 e. The van der Waals surface area contributed by atoms with Gasteiger partial charge in [-0.2, -0.15) is 0 Å². The summed E-state index contributed by atoms with van der Waals surface area (Å²) in [5.41, 5.74) is 2.46. The first-order valence-corrected chi connectivity index (χ1v) is 12.4. The Labute approximate surface area is 190 Å². The standard InChI is InChI=1S/C22H18FN3O2S3/c1-12(21(28)26-8-6-17-14(10-26)7-9-29-17)31-22-24-19(27)18-16(11-30-20(18)25-22)13-2-4-15(23)5-3-13/h2-5,7,9,11-12H,6,8,10H2,1H3,(H,24,25,27). The van der Waals surface area contributed by atoms with Crippen LogP contribution in [0.15, 0.2) is 51.0 Å². The highest BCUT2D eigenvalue weighted by Gasteiger charge is 2.26. The van der Waals surface area contributed by atoms with E-state index in [1.807, 2.05) is 17.2 Å². The number of aromatic amines is 1. The maximum atomic E-state index is 13.2. The molecule has 31 heavy (non-hydrogen) atoms. The van der Waals surface area contributed by atoms with Crippen LogP contribution in [0.4, 0.5) is 4.39 Å². The molecule has 0 aliphatic carbocycles. The van der Waals surface area contributed by atoms with Gasteiger partial charge in [0.25, 0.3) is 5.56 Å². The van der Waals surface area contributed by atoms with E-state index in [9.17, 15) is 14.0 Å². The number of halogens is 1. The number of thioether (sulfide) groups is 1. The number of nitrogens with zero attached hydrogens (tertiary/aromatic N) is 2. The van der Waals surface area contributed by atoms with E-state index in [-0.39, 0.29) is 22.5 Å². The highest BCUT2D eigenvalue weighted by molar-refractivity contribution is 8.00. The van der Waals surface area contributed by atoms with Gasteiger partial charge in [0, 0.05) is 28.9 Å². The zero-order valence-corrected chi connectivity index (χ0v) is 19.0. The largest absolute Gasteiger partial charge is 0.337 e. The van der Waals surface area contributed by atoms with Crippen molar-refractivity contribution in [3.05, 3.63) is 67.7 Å². The number of aromatic nitrogens is 2. The van der Waals surface area contributed by atoms with Crippen molar-refractivity contribution in [1.29, 1.82) is 0 Å². The Hall–Kier alpha value is -2.49. The number of carbonyl (C=O) groups is 1. The minimum atomic E-state index is -0.364. The number of fused-ring (bicyclic) bond motifs is 2. The van der Waals surface area contributed by atoms with Gasteiger partial charge in [-0.25, -0.2) is 9.37 Å². The lowest BCUT2D eigenvalue weighted by Crippen LogP contribution is -2.39. The third-order valence-electron chi connectivity index (χ3n) is 5.33. The number of rotatable bonds is 4. The van der Waals surface area contributed by atoms with Crippen molar-refractivity contribution in [2.24, 2.45) is 0 Å². The minimum Gasteiger partial charge on any atom is -0.337 e. The Bertz CT molecular complexity index is 1330. The molecule has 0 saturated carbocycles. The molecule has 1 aliphatic heterocycles. The van der Waals surface area contributed by atoms with Crippen LogP contribution in [0.5, 0.6) is 0 Å². The molecule has 1 atom stereocenters. The topological polar surface area (TPSA) is 66.1 Å². The van der Waals surface area contributed by atoms with E-state index in [1.54, 1.807) is 23.5 Å². The molecule has 3 aromatic heterocycles. The molecule has 158 valence electrons. The van der Waals surface area contributed by atoms with Gasteiger partial charge in [0.05, 0.1) is 10.6 Å². The summed E-state index contributed by atoms with van der Waals surface area (Å²) >= 11 is 4.38. The van der Waals surface area contributed by atoms with Crippen LogP contribution in [0.3, 0.4) is 0 Å². The number of thiophene rings is 2. The fraction of sp³-hybridized carbons (Fsp3) is 0.227. The van der Waals surface area contributed by atoms with Crippen molar-refractivity contribution in [2.75, 3.05) is 6.54 Å². The predicted molar refractivity (Wildman–Crippen MR) is 124 cm³/mol. The molecule has 1 aromatic carbocycles. The zero-order valence-electron chi connectivity index (χ0n) is 16.6. The van der Waals surface area contributed by atoms with Crippen molar-refractivity contribution in [3.8, 4) is 11.1 Å². The fourth-order valence-corrected chi connectivity index (χ4v) is 6.51. The van der Waals surface area contributed by atoms with Gasteiger partial charge in [0.15, 0.2) is 5.16 Å². The lowest BCUT2D eigenvalue weighted by molar-refractivity contribution is -0.131. The van der Waals surface area contributed by atoms with E-state index in [1.165, 1.54) is 45.7 Å². The second-order valence-electron chi connectivity index (χ2n) is 7.35. The lowest BCUT2D eigenvalue weighted by atomic mass is 10.1. The molecule has 4 aromatic rings. The maximum absolute atomic E-state index is 13.2. The van der Waals surface area contributed by atoms with E-state index in [0.717, 1.165) is 17.5 Å². The summed E-state index contributed by atoms with van der Waals surface area (Å²) < 4.78 is 13.2. The van der Waals surface area contributed by atoms with Crippen LogP contribution in [0.1, 0.15) is 17.4 Å². The Balaban J connectivity index is 1.37. The van der Waals surface area contributed by atoms with E-state index >= 15 is 0 Å². The third kappa shape index (κ3) is 3.93. The molecule has 1 amide bonds. The van der Waals surface area contributed by atoms with Crippen LogP contribution in [-0.4, -0.2) is 32.6 Å². The van der Waals surface area contributed by atoms with E-state index < -0.39 is 0 Å². The molecule has 1 aliphatic rings. The van der Waals surface area contributed by atoms with E-state index in [0.29, 0.717) is 28.5 Å². The third-order valence-corrected chi connectivity index (χ3v) is 8.20. The highest BCUT2D eigenvalue weighted by atomic mass is 32.2. The molecule has 5 rings (SSSR count). The molecule has 0 spiro atoms. The first-order valence-electron chi connectivity index (χ1n) is 9.78. The Kier molecular flexibility index (Phi) is 5.41. The van der Waals surface area contributed by atoms with Crippen LogP contribution in [0.25, 0.3) is 21.3 Å². The summed E-state index contributed by atoms with van der Waals surface area (Å²) in [6.07, 6.45) is 0.887. The summed E-state index contributed by atoms with van der Waals surface area (Å²) in [4.78, 5) is 37.0. The Morgan fingerprint density at radius 2 is 2.06 bits per heavy atom. The molecule has 0 fully saturated rings. The molecule has 0 saturated heterocycles. The molecule has 9 heteroatoms. The van der Waals surface area contributed by atoms with Crippen LogP contribution < -0.4 is 5.56 Å². The van der Waals surface area contributed by atoms with Crippen molar-refractivity contribution >= 4 is 50.6 Å². The number of benzene rings is 1. The van der Waals surface area contributed by atoms with Crippen LogP contribution >= 0.6 is 34.4 Å². The van der Waals surface area contributed by atoms with E-state index in [2.05, 4.69) is 21.4 Å². The van der Waals surface area contributed by atoms with Gasteiger partial charge in [-0.15, -0.1) is 22.7 Å². The van der Waals surface area contributed by atoms with Gasteiger partial charge >= 0.3 is 0 Å². The number of carbonyl (C=O) groups excluding carboxylic acids is 1. The number of hydrogen-bond acceptors (Lipinski definition) is 6. The molecular formula is C22H18FN3O2S3. The van der Waals surface area contributed by atoms with E-state index in [4.69, 9.17) is 0 Å². The summed E-state index contributed by atoms with van der Waals surface area (Å²) in [5, 5.41) is 4.48. The second kappa shape index (κ2) is 8.22. The van der Waals surface area contributed by atoms with Crippen molar-refractivity contribution in [3.63, 3.8) is 0 Å². The van der Waals surface area contributed by atoms with Crippen LogP contribution in [0, 0.1) is 5.82 Å². The van der Waals surface area contributed by atoms with Crippen molar-refractivity contribution in [2.45, 2.75) is 30.3 Å². The van der Waals surface area contributed by atoms with Gasteiger partial charge in [-0.1, -0.05) is 23.9 Å². The maximum Gasteiger partial charge on any atom is 0.260 e. The molecule has 1 unspecified atom stereocenters. The monoisotopic (exact) mass is 471 g/mol. The van der Waals surface area contributed by atoms with Crippen LogP contribution in [0.2, 0.25) is 0 Å². The normalized spacial score (nSPS) is 14.6. The van der Waals surface area contributed by atoms with Crippen LogP contribution in [-0.2, 0) is 17.8 Å². The Morgan fingerprint density at radius 3 is 2.87 bits per heavy atom. The minimum absolute atomic E-state index is 0.0442. The molecule has 0 bridgehead atoms. The van der Waals surface area contributed by atoms with Crippen molar-refractivity contribution in [1.82, 2.24) is 14.9 Å². The highest BCUT2D eigenvalue weighted by Crippen LogP contribution is 2.32. The Morgan fingerprint density at radius 1 is 1.26 bits per heavy atom. The fourth-order valence-electron chi connectivity index (χ4n) is 3.74. The van der Waals surface area contributed by atoms with Gasteiger partial charge in [0.2, 0.25) is 5.91 Å². The average molecular weight is 472 g/mol. The second-order valence-corrected chi connectivity index (χ2v) is 10.5. The average Bonchev–Trinajstić information content (AvgIpc) is 3.40. The summed E-state index contributed by atoms with van der Waals surface area (Å²) in [6.45, 7) is 3.20. The quantitative estimate of drug-likeness (QED) is 0.339. The number of H-pyrrole nitrogens is 1. The molecular weight excluding hydrogens is 453 g/mol. The van der Waals surface area contributed by atoms with Gasteiger partial charge in [-0.05, 0) is 48.1 Å². The summed E-state index contributed by atoms with van der Waals surface area (Å²) in [6, 6.07) is 8.13. The molecule has 0 radical (unpaired) electrons. The lowest BCUT2D eigenvalue weighted by Gasteiger charge is -2.29. The van der Waals surface area contributed by atoms with Gasteiger partial charge < -0.3 is 9.88 Å². The number of hydrogen-bond donors (Lipinski definition) is 1. The SMILES string of the molecule is CC(Sc1nc2scc(-c3ccc(F)cc3)c2c(=O)[nH]1)C(=O)N1CCc2sccc2C1. The van der Waals surface area contributed by atoms with Gasteiger partial charge in [0.1, 0.15) is 10.6 Å². The summed E-state index contributed by atoms with van der Waals surface area (Å²) in [7, 11) is 0. The zero-order chi connectivity index (χ0) is 21.5. The van der Waals surface area contributed by atoms with Gasteiger partial charge in [-0.3, -0.25) is 9.59 Å². The molecule has 5 nitrogen and oxygen atoms in total. The number of nitrogens with one attached hydrogen (secondary N) is 1. The summed E-state index contributed by atoms with van der Waals surface area (Å²) in [5.74, 6) is -0.278. The first kappa shape index (κ1) is 20.4. The first-order chi connectivity index (χ1) is 15.0. The number of amides is 1. The van der Waals surface area contributed by atoms with Crippen molar-refractivity contribution < 1.29 is 9.18 Å². The molecule has 1 N–H and O–H groups in total.